The van der Waals surface area contributed by atoms with Gasteiger partial charge in [-0.3, -0.25) is 0 Å². The average Bonchev–Trinajstić information content (AvgIpc) is 2.55. The standard InChI is InChI=1S/C20H20Br2N2O/c1-20(2,3)14-6-4-13(5-7-14)8-9-25-19-16-10-15(21)11-17(22)18(16)23-12-24-19/h4-7,10-12H,8-9H2,1-3H3. The quantitative estimate of drug-likeness (QED) is 0.470. The van der Waals surface area contributed by atoms with Crippen molar-refractivity contribution in [3.63, 3.8) is 0 Å². The highest BCUT2D eigenvalue weighted by molar-refractivity contribution is 9.11. The molecule has 130 valence electrons. The third-order valence-corrected chi connectivity index (χ3v) is 5.13. The lowest BCUT2D eigenvalue weighted by molar-refractivity contribution is 0.313. The summed E-state index contributed by atoms with van der Waals surface area (Å²) in [6.07, 6.45) is 2.37. The Morgan fingerprint density at radius 1 is 1.00 bits per heavy atom. The molecule has 3 rings (SSSR count). The van der Waals surface area contributed by atoms with Gasteiger partial charge in [-0.1, -0.05) is 61.0 Å². The fourth-order valence-corrected chi connectivity index (χ4v) is 3.95. The Bertz CT molecular complexity index is 887. The average molecular weight is 464 g/mol. The molecule has 0 aliphatic heterocycles. The van der Waals surface area contributed by atoms with E-state index in [9.17, 15) is 0 Å². The van der Waals surface area contributed by atoms with Gasteiger partial charge in [0.05, 0.1) is 17.5 Å². The normalized spacial score (nSPS) is 11.7. The van der Waals surface area contributed by atoms with Gasteiger partial charge in [0.25, 0.3) is 0 Å². The van der Waals surface area contributed by atoms with Crippen molar-refractivity contribution >= 4 is 42.8 Å². The van der Waals surface area contributed by atoms with Gasteiger partial charge in [0.2, 0.25) is 5.88 Å². The van der Waals surface area contributed by atoms with Crippen molar-refractivity contribution in [2.24, 2.45) is 0 Å². The molecule has 0 N–H and O–H groups in total. The summed E-state index contributed by atoms with van der Waals surface area (Å²) in [5.74, 6) is 0.610. The molecule has 1 aromatic heterocycles. The van der Waals surface area contributed by atoms with Crippen molar-refractivity contribution in [2.45, 2.75) is 32.6 Å². The maximum Gasteiger partial charge on any atom is 0.224 e. The Morgan fingerprint density at radius 2 is 1.72 bits per heavy atom. The molecule has 2 aromatic carbocycles. The zero-order valence-electron chi connectivity index (χ0n) is 14.5. The van der Waals surface area contributed by atoms with Crippen LogP contribution in [0.15, 0.2) is 51.7 Å². The van der Waals surface area contributed by atoms with E-state index in [1.807, 2.05) is 12.1 Å². The number of ether oxygens (including phenoxy) is 1. The van der Waals surface area contributed by atoms with Crippen LogP contribution in [0.2, 0.25) is 0 Å². The van der Waals surface area contributed by atoms with Gasteiger partial charge in [0, 0.05) is 15.4 Å². The third kappa shape index (κ3) is 4.39. The van der Waals surface area contributed by atoms with Gasteiger partial charge in [-0.05, 0) is 44.6 Å². The molecular weight excluding hydrogens is 444 g/mol. The lowest BCUT2D eigenvalue weighted by Crippen LogP contribution is -2.11. The number of halogens is 2. The molecule has 3 aromatic rings. The molecule has 0 unspecified atom stereocenters. The van der Waals surface area contributed by atoms with E-state index in [1.54, 1.807) is 0 Å². The minimum Gasteiger partial charge on any atom is -0.477 e. The molecule has 1 heterocycles. The molecule has 5 heteroatoms. The van der Waals surface area contributed by atoms with Crippen LogP contribution >= 0.6 is 31.9 Å². The number of fused-ring (bicyclic) bond motifs is 1. The van der Waals surface area contributed by atoms with Crippen molar-refractivity contribution in [3.05, 3.63) is 62.8 Å². The van der Waals surface area contributed by atoms with Gasteiger partial charge >= 0.3 is 0 Å². The molecule has 0 amide bonds. The molecular formula is C20H20Br2N2O. The summed E-state index contributed by atoms with van der Waals surface area (Å²) < 4.78 is 7.82. The second kappa shape index (κ2) is 7.42. The van der Waals surface area contributed by atoms with E-state index in [0.717, 1.165) is 26.3 Å². The third-order valence-electron chi connectivity index (χ3n) is 4.07. The lowest BCUT2D eigenvalue weighted by Gasteiger charge is -2.19. The molecule has 25 heavy (non-hydrogen) atoms. The van der Waals surface area contributed by atoms with Crippen molar-refractivity contribution in [2.75, 3.05) is 6.61 Å². The topological polar surface area (TPSA) is 35.0 Å². The SMILES string of the molecule is CC(C)(C)c1ccc(CCOc2ncnc3c(Br)cc(Br)cc23)cc1. The number of benzene rings is 2. The largest absolute Gasteiger partial charge is 0.477 e. The van der Waals surface area contributed by atoms with Gasteiger partial charge in [-0.2, -0.15) is 0 Å². The van der Waals surface area contributed by atoms with Crippen molar-refractivity contribution in [3.8, 4) is 5.88 Å². The second-order valence-electron chi connectivity index (χ2n) is 7.01. The molecule has 0 radical (unpaired) electrons. The summed E-state index contributed by atoms with van der Waals surface area (Å²) in [5, 5.41) is 0.895. The van der Waals surface area contributed by atoms with Crippen LogP contribution in [0.5, 0.6) is 5.88 Å². The molecule has 0 spiro atoms. The molecule has 0 bridgehead atoms. The van der Waals surface area contributed by atoms with Crippen LogP contribution in [0, 0.1) is 0 Å². The second-order valence-corrected chi connectivity index (χ2v) is 8.78. The maximum absolute atomic E-state index is 5.94. The fraction of sp³-hybridized carbons (Fsp3) is 0.300. The Hall–Kier alpha value is -1.46. The molecule has 0 saturated heterocycles. The first-order valence-electron chi connectivity index (χ1n) is 8.16. The van der Waals surface area contributed by atoms with E-state index >= 15 is 0 Å². The smallest absolute Gasteiger partial charge is 0.224 e. The van der Waals surface area contributed by atoms with Crippen LogP contribution in [0.4, 0.5) is 0 Å². The van der Waals surface area contributed by atoms with E-state index < -0.39 is 0 Å². The summed E-state index contributed by atoms with van der Waals surface area (Å²) in [6.45, 7) is 7.25. The summed E-state index contributed by atoms with van der Waals surface area (Å²) in [5.41, 5.74) is 3.63. The summed E-state index contributed by atoms with van der Waals surface area (Å²) in [4.78, 5) is 8.61. The van der Waals surface area contributed by atoms with Crippen LogP contribution in [-0.2, 0) is 11.8 Å². The van der Waals surface area contributed by atoms with Crippen LogP contribution < -0.4 is 4.74 Å². The summed E-state index contributed by atoms with van der Waals surface area (Å²) >= 11 is 7.04. The Kier molecular flexibility index (Phi) is 5.44. The number of aromatic nitrogens is 2. The number of hydrogen-bond acceptors (Lipinski definition) is 3. The van der Waals surface area contributed by atoms with Gasteiger partial charge in [0.1, 0.15) is 6.33 Å². The van der Waals surface area contributed by atoms with Gasteiger partial charge in [0.15, 0.2) is 0 Å². The first-order valence-corrected chi connectivity index (χ1v) is 9.75. The lowest BCUT2D eigenvalue weighted by atomic mass is 9.86. The van der Waals surface area contributed by atoms with Crippen molar-refractivity contribution in [1.82, 2.24) is 9.97 Å². The van der Waals surface area contributed by atoms with E-state index in [0.29, 0.717) is 12.5 Å². The number of hydrogen-bond donors (Lipinski definition) is 0. The first kappa shape index (κ1) is 18.3. The van der Waals surface area contributed by atoms with Crippen LogP contribution in [0.25, 0.3) is 10.9 Å². The van der Waals surface area contributed by atoms with Crippen molar-refractivity contribution in [1.29, 1.82) is 0 Å². The predicted octanol–water partition coefficient (Wildman–Crippen LogP) is 6.07. The first-order chi connectivity index (χ1) is 11.8. The highest BCUT2D eigenvalue weighted by Crippen LogP contribution is 2.31. The van der Waals surface area contributed by atoms with Crippen molar-refractivity contribution < 1.29 is 4.74 Å². The van der Waals surface area contributed by atoms with E-state index in [-0.39, 0.29) is 5.41 Å². The Balaban J connectivity index is 1.71. The molecule has 3 nitrogen and oxygen atoms in total. The Morgan fingerprint density at radius 3 is 2.40 bits per heavy atom. The van der Waals surface area contributed by atoms with Crippen LogP contribution in [-0.4, -0.2) is 16.6 Å². The highest BCUT2D eigenvalue weighted by Gasteiger charge is 2.13. The van der Waals surface area contributed by atoms with E-state index in [2.05, 4.69) is 86.9 Å². The number of rotatable bonds is 4. The predicted molar refractivity (Wildman–Crippen MR) is 109 cm³/mol. The van der Waals surface area contributed by atoms with Crippen LogP contribution in [0.1, 0.15) is 31.9 Å². The van der Waals surface area contributed by atoms with Gasteiger partial charge in [-0.25, -0.2) is 9.97 Å². The highest BCUT2D eigenvalue weighted by atomic mass is 79.9. The monoisotopic (exact) mass is 462 g/mol. The maximum atomic E-state index is 5.94. The Labute approximate surface area is 165 Å². The van der Waals surface area contributed by atoms with E-state index in [1.165, 1.54) is 17.5 Å². The minimum atomic E-state index is 0.176. The molecule has 0 fully saturated rings. The zero-order valence-corrected chi connectivity index (χ0v) is 17.7. The van der Waals surface area contributed by atoms with Gasteiger partial charge in [-0.15, -0.1) is 0 Å². The fourth-order valence-electron chi connectivity index (χ4n) is 2.62. The molecule has 0 aliphatic rings. The summed E-state index contributed by atoms with van der Waals surface area (Å²) in [7, 11) is 0. The summed E-state index contributed by atoms with van der Waals surface area (Å²) in [6, 6.07) is 12.7. The van der Waals surface area contributed by atoms with E-state index in [4.69, 9.17) is 4.74 Å². The van der Waals surface area contributed by atoms with Crippen LogP contribution in [0.3, 0.4) is 0 Å². The zero-order chi connectivity index (χ0) is 18.0. The van der Waals surface area contributed by atoms with Gasteiger partial charge < -0.3 is 4.74 Å². The number of nitrogens with zero attached hydrogens (tertiary/aromatic N) is 2. The molecule has 0 atom stereocenters. The molecule has 0 saturated carbocycles. The minimum absolute atomic E-state index is 0.176. The molecule has 0 aliphatic carbocycles.